The molecule has 0 bridgehead atoms. The summed E-state index contributed by atoms with van der Waals surface area (Å²) in [5.41, 5.74) is 2.67. The Morgan fingerprint density at radius 3 is 2.89 bits per heavy atom. The SMILES string of the molecule is Cc1cccc(-n2nnc3c(=O)n(CC(=O)Nc4nc(C)cs4)cnc32)c1. The molecule has 0 atom stereocenters. The number of aryl methyl sites for hydroxylation is 2. The van der Waals surface area contributed by atoms with Gasteiger partial charge in [-0.1, -0.05) is 17.3 Å². The highest BCUT2D eigenvalue weighted by Gasteiger charge is 2.15. The van der Waals surface area contributed by atoms with E-state index >= 15 is 0 Å². The lowest BCUT2D eigenvalue weighted by atomic mass is 10.2. The first kappa shape index (κ1) is 17.0. The van der Waals surface area contributed by atoms with Crippen molar-refractivity contribution in [2.24, 2.45) is 0 Å². The van der Waals surface area contributed by atoms with E-state index in [1.165, 1.54) is 26.9 Å². The Bertz CT molecular complexity index is 1210. The Balaban J connectivity index is 1.63. The van der Waals surface area contributed by atoms with Crippen LogP contribution in [0.25, 0.3) is 16.9 Å². The fourth-order valence-electron chi connectivity index (χ4n) is 2.62. The van der Waals surface area contributed by atoms with Crippen molar-refractivity contribution in [2.45, 2.75) is 20.4 Å². The average Bonchev–Trinajstić information content (AvgIpc) is 3.24. The smallest absolute Gasteiger partial charge is 0.284 e. The molecule has 1 amide bonds. The van der Waals surface area contributed by atoms with Crippen LogP contribution in [0.5, 0.6) is 0 Å². The van der Waals surface area contributed by atoms with Crippen LogP contribution in [-0.4, -0.2) is 35.4 Å². The molecule has 1 aromatic carbocycles. The van der Waals surface area contributed by atoms with Crippen LogP contribution in [0.2, 0.25) is 0 Å². The standard InChI is InChI=1S/C17H15N7O2S/c1-10-4-3-5-12(6-10)24-15-14(21-22-24)16(26)23(9-18-15)7-13(25)20-17-19-11(2)8-27-17/h3-6,8-9H,7H2,1-2H3,(H,19,20,25). The molecule has 0 fully saturated rings. The third-order valence-corrected chi connectivity index (χ3v) is 4.73. The summed E-state index contributed by atoms with van der Waals surface area (Å²) in [6.45, 7) is 3.62. The third-order valence-electron chi connectivity index (χ3n) is 3.85. The van der Waals surface area contributed by atoms with Gasteiger partial charge in [-0.25, -0.2) is 9.97 Å². The summed E-state index contributed by atoms with van der Waals surface area (Å²) in [6, 6.07) is 7.64. The van der Waals surface area contributed by atoms with Crippen LogP contribution in [-0.2, 0) is 11.3 Å². The minimum Gasteiger partial charge on any atom is -0.300 e. The van der Waals surface area contributed by atoms with Gasteiger partial charge in [-0.2, -0.15) is 4.68 Å². The molecule has 0 aliphatic rings. The molecular weight excluding hydrogens is 366 g/mol. The maximum atomic E-state index is 12.6. The van der Waals surface area contributed by atoms with Crippen LogP contribution in [0, 0.1) is 13.8 Å². The lowest BCUT2D eigenvalue weighted by molar-refractivity contribution is -0.116. The quantitative estimate of drug-likeness (QED) is 0.576. The van der Waals surface area contributed by atoms with E-state index in [2.05, 4.69) is 25.6 Å². The summed E-state index contributed by atoms with van der Waals surface area (Å²) in [7, 11) is 0. The Morgan fingerprint density at radius 2 is 2.15 bits per heavy atom. The van der Waals surface area contributed by atoms with Gasteiger partial charge in [0.05, 0.1) is 11.4 Å². The number of anilines is 1. The van der Waals surface area contributed by atoms with Crippen molar-refractivity contribution >= 4 is 33.5 Å². The van der Waals surface area contributed by atoms with Crippen molar-refractivity contribution in [3.63, 3.8) is 0 Å². The molecule has 0 unspecified atom stereocenters. The summed E-state index contributed by atoms with van der Waals surface area (Å²) < 4.78 is 2.71. The Morgan fingerprint density at radius 1 is 1.30 bits per heavy atom. The Labute approximate surface area is 157 Å². The predicted molar refractivity (Wildman–Crippen MR) is 101 cm³/mol. The monoisotopic (exact) mass is 381 g/mol. The molecule has 0 radical (unpaired) electrons. The van der Waals surface area contributed by atoms with Crippen molar-refractivity contribution < 1.29 is 4.79 Å². The largest absolute Gasteiger partial charge is 0.300 e. The van der Waals surface area contributed by atoms with Gasteiger partial charge in [-0.05, 0) is 31.5 Å². The highest BCUT2D eigenvalue weighted by Crippen LogP contribution is 2.15. The Hall–Kier alpha value is -3.40. The number of carbonyl (C=O) groups is 1. The lowest BCUT2D eigenvalue weighted by Crippen LogP contribution is -2.28. The molecule has 136 valence electrons. The predicted octanol–water partition coefficient (Wildman–Crippen LogP) is 1.69. The van der Waals surface area contributed by atoms with Crippen LogP contribution in [0.1, 0.15) is 11.3 Å². The minimum absolute atomic E-state index is 0.108. The second-order valence-electron chi connectivity index (χ2n) is 6.03. The number of carbonyl (C=O) groups excluding carboxylic acids is 1. The molecule has 9 nitrogen and oxygen atoms in total. The van der Waals surface area contributed by atoms with E-state index in [4.69, 9.17) is 0 Å². The molecule has 1 N–H and O–H groups in total. The summed E-state index contributed by atoms with van der Waals surface area (Å²) in [5, 5.41) is 13.0. The van der Waals surface area contributed by atoms with Crippen molar-refractivity contribution in [1.29, 1.82) is 0 Å². The van der Waals surface area contributed by atoms with Gasteiger partial charge in [0.2, 0.25) is 5.91 Å². The van der Waals surface area contributed by atoms with E-state index in [0.717, 1.165) is 16.9 Å². The van der Waals surface area contributed by atoms with Gasteiger partial charge in [0.25, 0.3) is 5.56 Å². The zero-order valence-electron chi connectivity index (χ0n) is 14.6. The lowest BCUT2D eigenvalue weighted by Gasteiger charge is -2.05. The van der Waals surface area contributed by atoms with E-state index in [-0.39, 0.29) is 18.0 Å². The van der Waals surface area contributed by atoms with Gasteiger partial charge in [0, 0.05) is 5.38 Å². The molecule has 0 saturated heterocycles. The molecule has 3 heterocycles. The van der Waals surface area contributed by atoms with Crippen LogP contribution in [0.15, 0.2) is 40.8 Å². The molecule has 0 saturated carbocycles. The van der Waals surface area contributed by atoms with Gasteiger partial charge in [-0.15, -0.1) is 16.4 Å². The molecule has 4 aromatic rings. The van der Waals surface area contributed by atoms with E-state index < -0.39 is 5.56 Å². The first-order valence-electron chi connectivity index (χ1n) is 8.11. The summed E-state index contributed by atoms with van der Waals surface area (Å²) in [5.74, 6) is -0.362. The molecule has 27 heavy (non-hydrogen) atoms. The second-order valence-corrected chi connectivity index (χ2v) is 6.89. The number of aromatic nitrogens is 6. The van der Waals surface area contributed by atoms with Crippen molar-refractivity contribution in [1.82, 2.24) is 29.5 Å². The fourth-order valence-corrected chi connectivity index (χ4v) is 3.32. The van der Waals surface area contributed by atoms with Crippen LogP contribution >= 0.6 is 11.3 Å². The topological polar surface area (TPSA) is 108 Å². The van der Waals surface area contributed by atoms with E-state index in [9.17, 15) is 9.59 Å². The molecule has 0 spiro atoms. The normalized spacial score (nSPS) is 11.0. The fraction of sp³-hybridized carbons (Fsp3) is 0.176. The average molecular weight is 381 g/mol. The number of fused-ring (bicyclic) bond motifs is 1. The van der Waals surface area contributed by atoms with E-state index in [1.807, 2.05) is 43.5 Å². The van der Waals surface area contributed by atoms with Gasteiger partial charge in [0.1, 0.15) is 12.9 Å². The Kier molecular flexibility index (Phi) is 4.24. The molecular formula is C17H15N7O2S. The van der Waals surface area contributed by atoms with Gasteiger partial charge in [-0.3, -0.25) is 14.2 Å². The molecule has 3 aromatic heterocycles. The van der Waals surface area contributed by atoms with Crippen molar-refractivity contribution in [3.05, 3.63) is 57.6 Å². The molecule has 10 heteroatoms. The zero-order chi connectivity index (χ0) is 19.0. The van der Waals surface area contributed by atoms with Gasteiger partial charge < -0.3 is 5.32 Å². The maximum absolute atomic E-state index is 12.6. The van der Waals surface area contributed by atoms with Gasteiger partial charge >= 0.3 is 0 Å². The number of nitrogens with one attached hydrogen (secondary N) is 1. The van der Waals surface area contributed by atoms with Crippen LogP contribution in [0.4, 0.5) is 5.13 Å². The number of rotatable bonds is 4. The third kappa shape index (κ3) is 3.34. The first-order chi connectivity index (χ1) is 13.0. The molecule has 4 rings (SSSR count). The van der Waals surface area contributed by atoms with Gasteiger partial charge in [0.15, 0.2) is 16.3 Å². The van der Waals surface area contributed by atoms with Crippen LogP contribution in [0.3, 0.4) is 0 Å². The van der Waals surface area contributed by atoms with E-state index in [1.54, 1.807) is 0 Å². The zero-order valence-corrected chi connectivity index (χ0v) is 15.4. The van der Waals surface area contributed by atoms with Crippen molar-refractivity contribution in [3.8, 4) is 5.69 Å². The number of thiazole rings is 1. The number of nitrogens with zero attached hydrogens (tertiary/aromatic N) is 6. The maximum Gasteiger partial charge on any atom is 0.284 e. The van der Waals surface area contributed by atoms with Crippen molar-refractivity contribution in [2.75, 3.05) is 5.32 Å². The molecule has 0 aliphatic carbocycles. The summed E-state index contributed by atoms with van der Waals surface area (Å²) in [6.07, 6.45) is 1.33. The highest BCUT2D eigenvalue weighted by atomic mass is 32.1. The number of amides is 1. The summed E-state index contributed by atoms with van der Waals surface area (Å²) >= 11 is 1.33. The summed E-state index contributed by atoms with van der Waals surface area (Å²) in [4.78, 5) is 33.3. The number of hydrogen-bond donors (Lipinski definition) is 1. The number of benzene rings is 1. The molecule has 0 aliphatic heterocycles. The van der Waals surface area contributed by atoms with E-state index in [0.29, 0.717) is 10.8 Å². The minimum atomic E-state index is -0.427. The number of hydrogen-bond acceptors (Lipinski definition) is 7. The highest BCUT2D eigenvalue weighted by molar-refractivity contribution is 7.13. The van der Waals surface area contributed by atoms with Crippen LogP contribution < -0.4 is 10.9 Å². The second kappa shape index (κ2) is 6.72. The first-order valence-corrected chi connectivity index (χ1v) is 8.99.